The number of likely N-dealkylation sites (N-methyl/N-ethyl adjacent to an activating group) is 1. The molecule has 1 unspecified atom stereocenters. The Morgan fingerprint density at radius 2 is 2.14 bits per heavy atom. The number of amides is 1. The number of carbonyl (C=O) groups excluding carboxylic acids is 1. The first kappa shape index (κ1) is 15.7. The van der Waals surface area contributed by atoms with E-state index in [-0.39, 0.29) is 18.1 Å². The molecular formula is C15H20F2N2O2. The minimum Gasteiger partial charge on any atom is -0.435 e. The van der Waals surface area contributed by atoms with Crippen LogP contribution in [0.15, 0.2) is 24.3 Å². The summed E-state index contributed by atoms with van der Waals surface area (Å²) in [7, 11) is 1.90. The van der Waals surface area contributed by atoms with Crippen LogP contribution < -0.4 is 10.1 Å². The molecule has 116 valence electrons. The molecule has 1 fully saturated rings. The molecule has 1 saturated heterocycles. The first-order valence-electron chi connectivity index (χ1n) is 7.07. The predicted molar refractivity (Wildman–Crippen MR) is 75.4 cm³/mol. The van der Waals surface area contributed by atoms with Crippen LogP contribution in [0.1, 0.15) is 18.4 Å². The topological polar surface area (TPSA) is 41.6 Å². The average Bonchev–Trinajstić information content (AvgIpc) is 2.49. The zero-order valence-corrected chi connectivity index (χ0v) is 12.0. The highest BCUT2D eigenvalue weighted by Crippen LogP contribution is 2.17. The summed E-state index contributed by atoms with van der Waals surface area (Å²) in [5.41, 5.74) is 0.799. The van der Waals surface area contributed by atoms with Crippen LogP contribution in [0.2, 0.25) is 0 Å². The third-order valence-corrected chi connectivity index (χ3v) is 3.69. The number of halogens is 2. The van der Waals surface area contributed by atoms with Gasteiger partial charge in [0.25, 0.3) is 0 Å². The second-order valence-corrected chi connectivity index (χ2v) is 5.17. The summed E-state index contributed by atoms with van der Waals surface area (Å²) in [6.07, 6.45) is 2.36. The summed E-state index contributed by atoms with van der Waals surface area (Å²) in [5.74, 6) is 0.173. The first-order valence-corrected chi connectivity index (χ1v) is 7.07. The molecule has 0 spiro atoms. The third kappa shape index (κ3) is 4.67. The molecule has 0 radical (unpaired) electrons. The highest BCUT2D eigenvalue weighted by molar-refractivity contribution is 5.79. The molecule has 21 heavy (non-hydrogen) atoms. The summed E-state index contributed by atoms with van der Waals surface area (Å²) >= 11 is 0. The zero-order chi connectivity index (χ0) is 15.2. The van der Waals surface area contributed by atoms with Crippen molar-refractivity contribution in [3.8, 4) is 5.75 Å². The van der Waals surface area contributed by atoms with Crippen LogP contribution in [0.25, 0.3) is 0 Å². The lowest BCUT2D eigenvalue weighted by Gasteiger charge is -2.32. The van der Waals surface area contributed by atoms with E-state index in [1.54, 1.807) is 12.1 Å². The lowest BCUT2D eigenvalue weighted by Crippen LogP contribution is -2.47. The molecule has 2 rings (SSSR count). The zero-order valence-electron chi connectivity index (χ0n) is 12.0. The Balaban J connectivity index is 1.90. The smallest absolute Gasteiger partial charge is 0.387 e. The number of carbonyl (C=O) groups is 1. The normalized spacial score (nSPS) is 18.9. The van der Waals surface area contributed by atoms with Gasteiger partial charge in [0.15, 0.2) is 0 Å². The van der Waals surface area contributed by atoms with Crippen molar-refractivity contribution in [3.63, 3.8) is 0 Å². The Kier molecular flexibility index (Phi) is 5.50. The van der Waals surface area contributed by atoms with E-state index in [2.05, 4.69) is 10.1 Å². The van der Waals surface area contributed by atoms with Gasteiger partial charge in [0.2, 0.25) is 5.91 Å². The second-order valence-electron chi connectivity index (χ2n) is 5.17. The molecule has 1 aromatic rings. The Morgan fingerprint density at radius 1 is 1.43 bits per heavy atom. The monoisotopic (exact) mass is 298 g/mol. The summed E-state index contributed by atoms with van der Waals surface area (Å²) in [4.78, 5) is 14.1. The summed E-state index contributed by atoms with van der Waals surface area (Å²) < 4.78 is 28.4. The van der Waals surface area contributed by atoms with Gasteiger partial charge in [0.05, 0.1) is 6.42 Å². The van der Waals surface area contributed by atoms with Gasteiger partial charge in [-0.05, 0) is 37.6 Å². The fourth-order valence-corrected chi connectivity index (χ4v) is 2.51. The number of hydrogen-bond acceptors (Lipinski definition) is 3. The molecule has 6 heteroatoms. The van der Waals surface area contributed by atoms with Gasteiger partial charge in [-0.15, -0.1) is 0 Å². The minimum atomic E-state index is -2.83. The number of ether oxygens (including phenoxy) is 1. The van der Waals surface area contributed by atoms with Crippen molar-refractivity contribution in [1.82, 2.24) is 10.2 Å². The van der Waals surface area contributed by atoms with Crippen molar-refractivity contribution < 1.29 is 18.3 Å². The largest absolute Gasteiger partial charge is 0.435 e. The second kappa shape index (κ2) is 7.36. The number of nitrogens with one attached hydrogen (secondary N) is 1. The SMILES string of the molecule is CNC1CCCN(C(=O)Cc2ccc(OC(F)F)cc2)C1. The van der Waals surface area contributed by atoms with Crippen LogP contribution in [0, 0.1) is 0 Å². The predicted octanol–water partition coefficient (Wildman–Crippen LogP) is 2.04. The van der Waals surface area contributed by atoms with Crippen molar-refractivity contribution in [3.05, 3.63) is 29.8 Å². The Bertz CT molecular complexity index is 465. The number of hydrogen-bond donors (Lipinski definition) is 1. The van der Waals surface area contributed by atoms with Gasteiger partial charge in [-0.25, -0.2) is 0 Å². The molecule has 1 aliphatic heterocycles. The summed E-state index contributed by atoms with van der Waals surface area (Å²) in [6.45, 7) is -1.32. The number of likely N-dealkylation sites (tertiary alicyclic amines) is 1. The van der Waals surface area contributed by atoms with Crippen molar-refractivity contribution in [2.24, 2.45) is 0 Å². The Morgan fingerprint density at radius 3 is 2.76 bits per heavy atom. The van der Waals surface area contributed by atoms with Gasteiger partial charge in [0.1, 0.15) is 5.75 Å². The van der Waals surface area contributed by atoms with E-state index in [0.717, 1.165) is 31.5 Å². The molecular weight excluding hydrogens is 278 g/mol. The maximum absolute atomic E-state index is 12.2. The van der Waals surface area contributed by atoms with Crippen LogP contribution in [-0.4, -0.2) is 43.6 Å². The van der Waals surface area contributed by atoms with Crippen LogP contribution in [-0.2, 0) is 11.2 Å². The fourth-order valence-electron chi connectivity index (χ4n) is 2.51. The lowest BCUT2D eigenvalue weighted by molar-refractivity contribution is -0.131. The molecule has 1 aromatic carbocycles. The van der Waals surface area contributed by atoms with Gasteiger partial charge in [-0.2, -0.15) is 8.78 Å². The molecule has 1 heterocycles. The molecule has 0 aromatic heterocycles. The molecule has 0 bridgehead atoms. The maximum atomic E-state index is 12.2. The van der Waals surface area contributed by atoms with Crippen LogP contribution in [0.3, 0.4) is 0 Å². The molecule has 0 saturated carbocycles. The first-order chi connectivity index (χ1) is 10.1. The Labute approximate surface area is 123 Å². The molecule has 4 nitrogen and oxygen atoms in total. The van der Waals surface area contributed by atoms with Gasteiger partial charge < -0.3 is 15.0 Å². The molecule has 0 aliphatic carbocycles. The van der Waals surface area contributed by atoms with Crippen molar-refractivity contribution in [2.45, 2.75) is 31.9 Å². The van der Waals surface area contributed by atoms with E-state index in [9.17, 15) is 13.6 Å². The fraction of sp³-hybridized carbons (Fsp3) is 0.533. The van der Waals surface area contributed by atoms with E-state index < -0.39 is 6.61 Å². The number of rotatable bonds is 5. The average molecular weight is 298 g/mol. The minimum absolute atomic E-state index is 0.0671. The van der Waals surface area contributed by atoms with Crippen LogP contribution in [0.4, 0.5) is 8.78 Å². The van der Waals surface area contributed by atoms with E-state index in [1.807, 2.05) is 11.9 Å². The summed E-state index contributed by atoms with van der Waals surface area (Å²) in [5, 5.41) is 3.20. The quantitative estimate of drug-likeness (QED) is 0.904. The standard InChI is InChI=1S/C15H20F2N2O2/c1-18-12-3-2-8-19(10-12)14(20)9-11-4-6-13(7-5-11)21-15(16)17/h4-7,12,15,18H,2-3,8-10H2,1H3. The molecule has 1 amide bonds. The molecule has 1 atom stereocenters. The lowest BCUT2D eigenvalue weighted by atomic mass is 10.0. The van der Waals surface area contributed by atoms with Gasteiger partial charge in [-0.3, -0.25) is 4.79 Å². The Hall–Kier alpha value is -1.69. The van der Waals surface area contributed by atoms with Gasteiger partial charge >= 0.3 is 6.61 Å². The highest BCUT2D eigenvalue weighted by Gasteiger charge is 2.22. The number of alkyl halides is 2. The summed E-state index contributed by atoms with van der Waals surface area (Å²) in [6, 6.07) is 6.57. The van der Waals surface area contributed by atoms with E-state index in [0.29, 0.717) is 6.04 Å². The molecule has 1 aliphatic rings. The van der Waals surface area contributed by atoms with Crippen molar-refractivity contribution >= 4 is 5.91 Å². The van der Waals surface area contributed by atoms with Crippen LogP contribution in [0.5, 0.6) is 5.75 Å². The number of nitrogens with zero attached hydrogens (tertiary/aromatic N) is 1. The number of piperidine rings is 1. The van der Waals surface area contributed by atoms with Crippen molar-refractivity contribution in [1.29, 1.82) is 0 Å². The van der Waals surface area contributed by atoms with E-state index >= 15 is 0 Å². The number of benzene rings is 1. The third-order valence-electron chi connectivity index (χ3n) is 3.69. The van der Waals surface area contributed by atoms with Crippen LogP contribution >= 0.6 is 0 Å². The maximum Gasteiger partial charge on any atom is 0.387 e. The van der Waals surface area contributed by atoms with E-state index in [4.69, 9.17) is 0 Å². The van der Waals surface area contributed by atoms with Crippen molar-refractivity contribution in [2.75, 3.05) is 20.1 Å². The van der Waals surface area contributed by atoms with E-state index in [1.165, 1.54) is 12.1 Å². The van der Waals surface area contributed by atoms with Gasteiger partial charge in [-0.1, -0.05) is 12.1 Å². The highest BCUT2D eigenvalue weighted by atomic mass is 19.3. The van der Waals surface area contributed by atoms with Gasteiger partial charge in [0, 0.05) is 19.1 Å². The molecule has 1 N–H and O–H groups in total.